The second kappa shape index (κ2) is 13.8. The van der Waals surface area contributed by atoms with Crippen LogP contribution in [0.2, 0.25) is 0 Å². The predicted molar refractivity (Wildman–Crippen MR) is 262 cm³/mol. The highest BCUT2D eigenvalue weighted by Crippen LogP contribution is 2.55. The minimum absolute atomic E-state index is 0.158. The van der Waals surface area contributed by atoms with Crippen LogP contribution >= 0.6 is 0 Å². The zero-order valence-electron chi connectivity index (χ0n) is 35.2. The first-order valence-corrected chi connectivity index (χ1v) is 21.8. The third-order valence-electron chi connectivity index (χ3n) is 14.1. The average Bonchev–Trinajstić information content (AvgIpc) is 3.73. The Morgan fingerprint density at radius 3 is 1.71 bits per heavy atom. The van der Waals surface area contributed by atoms with E-state index in [-0.39, 0.29) is 10.8 Å². The summed E-state index contributed by atoms with van der Waals surface area (Å²) in [5, 5.41) is 4.97. The summed E-state index contributed by atoms with van der Waals surface area (Å²) in [6.45, 7) is 7.16. The van der Waals surface area contributed by atoms with E-state index in [0.717, 1.165) is 17.1 Å². The van der Waals surface area contributed by atoms with E-state index in [9.17, 15) is 0 Å². The van der Waals surface area contributed by atoms with Crippen molar-refractivity contribution in [3.8, 4) is 44.5 Å². The predicted octanol–water partition coefficient (Wildman–Crippen LogP) is 16.4. The van der Waals surface area contributed by atoms with E-state index in [4.69, 9.17) is 0 Å². The molecule has 0 spiro atoms. The van der Waals surface area contributed by atoms with Crippen LogP contribution in [0.25, 0.3) is 66.1 Å². The lowest BCUT2D eigenvalue weighted by atomic mass is 9.74. The molecule has 12 rings (SSSR count). The summed E-state index contributed by atoms with van der Waals surface area (Å²) >= 11 is 0. The van der Waals surface area contributed by atoms with Gasteiger partial charge in [0.05, 0.1) is 11.4 Å². The van der Waals surface area contributed by atoms with Gasteiger partial charge in [0.2, 0.25) is 0 Å². The molecule has 1 heteroatoms. The van der Waals surface area contributed by atoms with Gasteiger partial charge in [-0.3, -0.25) is 0 Å². The van der Waals surface area contributed by atoms with Crippen molar-refractivity contribution in [3.05, 3.63) is 246 Å². The maximum atomic E-state index is 2.50. The first kappa shape index (κ1) is 36.4. The lowest BCUT2D eigenvalue weighted by Gasteiger charge is -2.31. The number of fused-ring (bicyclic) bond motifs is 9. The third kappa shape index (κ3) is 5.28. The summed E-state index contributed by atoms with van der Waals surface area (Å²) in [7, 11) is 0. The Balaban J connectivity index is 1.04. The molecule has 62 heavy (non-hydrogen) atoms. The van der Waals surface area contributed by atoms with Crippen molar-refractivity contribution >= 4 is 38.6 Å². The van der Waals surface area contributed by atoms with Gasteiger partial charge >= 0.3 is 0 Å². The fourth-order valence-electron chi connectivity index (χ4n) is 11.2. The van der Waals surface area contributed by atoms with Gasteiger partial charge in [0.1, 0.15) is 0 Å². The molecule has 0 fully saturated rings. The summed E-state index contributed by atoms with van der Waals surface area (Å²) in [5.74, 6) is 0. The zero-order chi connectivity index (χ0) is 41.6. The minimum Gasteiger partial charge on any atom is -0.309 e. The molecule has 0 amide bonds. The Labute approximate surface area is 364 Å². The van der Waals surface area contributed by atoms with E-state index in [1.807, 2.05) is 0 Å². The molecule has 0 saturated heterocycles. The van der Waals surface area contributed by atoms with Crippen molar-refractivity contribution in [3.63, 3.8) is 0 Å². The van der Waals surface area contributed by atoms with Gasteiger partial charge in [-0.25, -0.2) is 0 Å². The molecule has 0 aliphatic heterocycles. The molecule has 1 unspecified atom stereocenters. The van der Waals surface area contributed by atoms with Gasteiger partial charge in [-0.15, -0.1) is 0 Å². The van der Waals surface area contributed by atoms with Crippen molar-refractivity contribution in [2.24, 2.45) is 0 Å². The molecule has 10 aromatic rings. The Morgan fingerprint density at radius 1 is 0.339 bits per heavy atom. The topological polar surface area (TPSA) is 3.24 Å². The molecule has 0 N–H and O–H groups in total. The van der Waals surface area contributed by atoms with Gasteiger partial charge in [-0.1, -0.05) is 202 Å². The molecule has 1 nitrogen and oxygen atoms in total. The van der Waals surface area contributed by atoms with Crippen LogP contribution in [0.15, 0.2) is 218 Å². The second-order valence-electron chi connectivity index (χ2n) is 17.8. The molecule has 2 aliphatic rings. The molecule has 294 valence electrons. The van der Waals surface area contributed by atoms with Crippen LogP contribution in [0.1, 0.15) is 48.6 Å². The van der Waals surface area contributed by atoms with Gasteiger partial charge in [0.15, 0.2) is 0 Å². The maximum absolute atomic E-state index is 2.50. The molecule has 10 aromatic carbocycles. The first-order chi connectivity index (χ1) is 30.4. The van der Waals surface area contributed by atoms with Gasteiger partial charge in [-0.05, 0) is 120 Å². The van der Waals surface area contributed by atoms with E-state index in [1.54, 1.807) is 0 Å². The Hall–Kier alpha value is -7.48. The fourth-order valence-corrected chi connectivity index (χ4v) is 11.2. The number of rotatable bonds is 6. The standard InChI is InChI=1S/C61H45N/c1-60(2)54-27-12-9-22-48(54)52-25-15-26-53(59(52)60)50-23-11-14-29-57(50)62(58-30-16-24-46-45-20-8-7-17-41(45)33-38-51(46)58)44-35-31-40(32-36-44)42-34-37-49-47-21-10-13-28-55(47)61(3,56(49)39-42)43-18-5-4-6-19-43/h4-39H,1-3H3. The van der Waals surface area contributed by atoms with E-state index < -0.39 is 0 Å². The third-order valence-corrected chi connectivity index (χ3v) is 14.1. The molecule has 0 bridgehead atoms. The van der Waals surface area contributed by atoms with E-state index >= 15 is 0 Å². The minimum atomic E-state index is -0.254. The maximum Gasteiger partial charge on any atom is 0.0540 e. The van der Waals surface area contributed by atoms with Gasteiger partial charge < -0.3 is 4.90 Å². The highest BCUT2D eigenvalue weighted by Gasteiger charge is 2.41. The van der Waals surface area contributed by atoms with Crippen LogP contribution in [0, 0.1) is 0 Å². The Morgan fingerprint density at radius 2 is 0.903 bits per heavy atom. The second-order valence-corrected chi connectivity index (χ2v) is 17.8. The van der Waals surface area contributed by atoms with Crippen LogP contribution in [-0.2, 0) is 10.8 Å². The van der Waals surface area contributed by atoms with E-state index in [1.165, 1.54) is 93.9 Å². The lowest BCUT2D eigenvalue weighted by molar-refractivity contribution is 0.662. The Bertz CT molecular complexity index is 3390. The van der Waals surface area contributed by atoms with Crippen molar-refractivity contribution in [2.75, 3.05) is 4.90 Å². The van der Waals surface area contributed by atoms with E-state index in [2.05, 4.69) is 244 Å². The summed E-state index contributed by atoms with van der Waals surface area (Å²) in [6.07, 6.45) is 0. The monoisotopic (exact) mass is 791 g/mol. The van der Waals surface area contributed by atoms with Crippen LogP contribution in [0.3, 0.4) is 0 Å². The summed E-state index contributed by atoms with van der Waals surface area (Å²) in [5.41, 5.74) is 20.0. The van der Waals surface area contributed by atoms with Gasteiger partial charge in [0, 0.05) is 27.5 Å². The molecular weight excluding hydrogens is 747 g/mol. The number of benzene rings is 10. The normalized spacial score (nSPS) is 15.5. The van der Waals surface area contributed by atoms with Crippen LogP contribution in [-0.4, -0.2) is 0 Å². The van der Waals surface area contributed by atoms with E-state index in [0.29, 0.717) is 0 Å². The number of anilines is 3. The number of nitrogens with zero attached hydrogens (tertiary/aromatic N) is 1. The lowest BCUT2D eigenvalue weighted by Crippen LogP contribution is -2.22. The van der Waals surface area contributed by atoms with Crippen molar-refractivity contribution in [1.29, 1.82) is 0 Å². The van der Waals surface area contributed by atoms with Crippen molar-refractivity contribution in [1.82, 2.24) is 0 Å². The van der Waals surface area contributed by atoms with Gasteiger partial charge in [0.25, 0.3) is 0 Å². The molecule has 0 radical (unpaired) electrons. The first-order valence-electron chi connectivity index (χ1n) is 21.8. The number of para-hydroxylation sites is 1. The largest absolute Gasteiger partial charge is 0.309 e. The zero-order valence-corrected chi connectivity index (χ0v) is 35.2. The quantitative estimate of drug-likeness (QED) is 0.152. The van der Waals surface area contributed by atoms with Crippen LogP contribution < -0.4 is 4.90 Å². The Kier molecular flexibility index (Phi) is 8.08. The molecule has 0 saturated carbocycles. The summed E-state index contributed by atoms with van der Waals surface area (Å²) in [4.78, 5) is 2.50. The van der Waals surface area contributed by atoms with Crippen LogP contribution in [0.4, 0.5) is 17.1 Å². The van der Waals surface area contributed by atoms with Crippen molar-refractivity contribution < 1.29 is 0 Å². The molecule has 0 heterocycles. The average molecular weight is 792 g/mol. The smallest absolute Gasteiger partial charge is 0.0540 e. The summed E-state index contributed by atoms with van der Waals surface area (Å²) < 4.78 is 0. The molecular formula is C61H45N. The number of hydrogen-bond acceptors (Lipinski definition) is 1. The summed E-state index contributed by atoms with van der Waals surface area (Å²) in [6, 6.07) is 81.2. The SMILES string of the molecule is CC1(C)c2ccccc2-c2cccc(-c3ccccc3N(c3ccc(-c4ccc5c(c4)C(C)(c4ccccc4)c4ccccc4-5)cc3)c3cccc4c3ccc3ccccc34)c21. The van der Waals surface area contributed by atoms with Gasteiger partial charge in [-0.2, -0.15) is 0 Å². The van der Waals surface area contributed by atoms with Crippen molar-refractivity contribution in [2.45, 2.75) is 31.6 Å². The number of hydrogen-bond donors (Lipinski definition) is 0. The molecule has 2 aliphatic carbocycles. The highest BCUT2D eigenvalue weighted by molar-refractivity contribution is 6.13. The molecule has 1 atom stereocenters. The highest BCUT2D eigenvalue weighted by atomic mass is 15.1. The van der Waals surface area contributed by atoms with Crippen LogP contribution in [0.5, 0.6) is 0 Å². The molecule has 0 aromatic heterocycles. The fraction of sp³-hybridized carbons (Fsp3) is 0.0820.